The van der Waals surface area contributed by atoms with Crippen LogP contribution in [-0.4, -0.2) is 46.6 Å². The molecule has 0 aliphatic rings. The number of aromatic nitrogens is 6. The van der Waals surface area contributed by atoms with E-state index < -0.39 is 0 Å². The molecule has 0 saturated carbocycles. The van der Waals surface area contributed by atoms with Gasteiger partial charge in [-0.1, -0.05) is 26.0 Å². The summed E-state index contributed by atoms with van der Waals surface area (Å²) in [6.45, 7) is 5.22. The molecule has 0 aliphatic carbocycles. The summed E-state index contributed by atoms with van der Waals surface area (Å²) in [7, 11) is 0. The predicted octanol–water partition coefficient (Wildman–Crippen LogP) is 3.30. The maximum absolute atomic E-state index is 13.1. The number of amides is 1. The Balaban J connectivity index is 1.52. The fourth-order valence-electron chi connectivity index (χ4n) is 4.06. The van der Waals surface area contributed by atoms with Gasteiger partial charge in [-0.15, -0.1) is 0 Å². The van der Waals surface area contributed by atoms with Crippen LogP contribution in [0.15, 0.2) is 61.2 Å². The van der Waals surface area contributed by atoms with Crippen LogP contribution in [0.25, 0.3) is 16.6 Å². The van der Waals surface area contributed by atoms with Gasteiger partial charge in [-0.05, 0) is 30.2 Å². The van der Waals surface area contributed by atoms with Gasteiger partial charge in [0.15, 0.2) is 0 Å². The molecule has 0 radical (unpaired) electrons. The molecule has 9 heteroatoms. The predicted molar refractivity (Wildman–Crippen MR) is 125 cm³/mol. The van der Waals surface area contributed by atoms with E-state index in [2.05, 4.69) is 29.2 Å². The quantitative estimate of drug-likeness (QED) is 0.402. The molecule has 0 fully saturated rings. The summed E-state index contributed by atoms with van der Waals surface area (Å²) < 4.78 is 5.42. The summed E-state index contributed by atoms with van der Waals surface area (Å²) in [5, 5.41) is 22.3. The second kappa shape index (κ2) is 8.51. The Hall–Kier alpha value is -3.98. The molecule has 4 heterocycles. The number of hydrogen-bond donors (Lipinski definition) is 2. The van der Waals surface area contributed by atoms with Crippen LogP contribution >= 0.6 is 0 Å². The van der Waals surface area contributed by atoms with Crippen molar-refractivity contribution in [3.8, 4) is 0 Å². The number of nitrogens with zero attached hydrogens (tertiary/aromatic N) is 6. The molecule has 33 heavy (non-hydrogen) atoms. The smallest absolute Gasteiger partial charge is 0.274 e. The fraction of sp³-hybridized carbons (Fsp3) is 0.250. The van der Waals surface area contributed by atoms with E-state index in [4.69, 9.17) is 10.2 Å². The molecule has 0 atom stereocenters. The van der Waals surface area contributed by atoms with E-state index >= 15 is 0 Å². The highest BCUT2D eigenvalue weighted by molar-refractivity contribution is 6.09. The van der Waals surface area contributed by atoms with E-state index in [9.17, 15) is 4.79 Å². The number of imidazole rings is 1. The number of nitrogens with one attached hydrogen (secondary N) is 1. The molecular formula is C24H25N7O2. The minimum atomic E-state index is -0.228. The summed E-state index contributed by atoms with van der Waals surface area (Å²) in [6.07, 6.45) is 7.11. The van der Waals surface area contributed by atoms with Crippen molar-refractivity contribution in [3.63, 3.8) is 0 Å². The van der Waals surface area contributed by atoms with Gasteiger partial charge in [0.1, 0.15) is 11.3 Å². The van der Waals surface area contributed by atoms with Crippen LogP contribution in [0.3, 0.4) is 0 Å². The van der Waals surface area contributed by atoms with E-state index in [0.717, 1.165) is 27.8 Å². The normalized spacial score (nSPS) is 11.6. The van der Waals surface area contributed by atoms with Crippen LogP contribution in [0, 0.1) is 0 Å². The van der Waals surface area contributed by atoms with Gasteiger partial charge in [0.05, 0.1) is 49.0 Å². The lowest BCUT2D eigenvalue weighted by Gasteiger charge is -2.09. The van der Waals surface area contributed by atoms with Gasteiger partial charge in [0.25, 0.3) is 5.91 Å². The molecule has 1 amide bonds. The average molecular weight is 444 g/mol. The van der Waals surface area contributed by atoms with Crippen molar-refractivity contribution in [2.24, 2.45) is 0 Å². The van der Waals surface area contributed by atoms with Gasteiger partial charge < -0.3 is 10.4 Å². The van der Waals surface area contributed by atoms with E-state index in [-0.39, 0.29) is 18.4 Å². The summed E-state index contributed by atoms with van der Waals surface area (Å²) in [4.78, 5) is 17.5. The van der Waals surface area contributed by atoms with Gasteiger partial charge in [0.2, 0.25) is 0 Å². The minimum Gasteiger partial charge on any atom is -0.394 e. The van der Waals surface area contributed by atoms with Gasteiger partial charge in [-0.25, -0.2) is 4.98 Å². The van der Waals surface area contributed by atoms with Gasteiger partial charge >= 0.3 is 0 Å². The maximum atomic E-state index is 13.1. The first kappa shape index (κ1) is 20.9. The molecule has 0 spiro atoms. The number of hydrogen-bond acceptors (Lipinski definition) is 5. The maximum Gasteiger partial charge on any atom is 0.274 e. The largest absolute Gasteiger partial charge is 0.394 e. The number of anilines is 1. The monoisotopic (exact) mass is 443 g/mol. The summed E-state index contributed by atoms with van der Waals surface area (Å²) in [6, 6.07) is 11.5. The number of aliphatic hydroxyl groups is 1. The Morgan fingerprint density at radius 1 is 1.15 bits per heavy atom. The van der Waals surface area contributed by atoms with Crippen molar-refractivity contribution < 1.29 is 9.90 Å². The molecule has 0 aliphatic heterocycles. The number of carbonyl (C=O) groups is 1. The molecule has 5 aromatic rings. The Kier molecular flexibility index (Phi) is 5.39. The third kappa shape index (κ3) is 3.87. The Morgan fingerprint density at radius 2 is 2.03 bits per heavy atom. The number of rotatable bonds is 7. The third-order valence-electron chi connectivity index (χ3n) is 5.60. The highest BCUT2D eigenvalue weighted by atomic mass is 16.3. The third-order valence-corrected chi connectivity index (χ3v) is 5.60. The van der Waals surface area contributed by atoms with Crippen molar-refractivity contribution in [1.82, 2.24) is 28.9 Å². The number of carbonyl (C=O) groups excluding carboxylic acids is 1. The number of aliphatic hydroxyl groups excluding tert-OH is 1. The molecule has 9 nitrogen and oxygen atoms in total. The Bertz CT molecular complexity index is 1440. The number of pyridine rings is 1. The molecule has 0 bridgehead atoms. The van der Waals surface area contributed by atoms with E-state index in [1.165, 1.54) is 0 Å². The molecule has 5 rings (SSSR count). The van der Waals surface area contributed by atoms with Crippen molar-refractivity contribution >= 4 is 28.1 Å². The van der Waals surface area contributed by atoms with Crippen LogP contribution in [-0.2, 0) is 13.1 Å². The van der Waals surface area contributed by atoms with Crippen LogP contribution in [0.5, 0.6) is 0 Å². The first-order valence-corrected chi connectivity index (χ1v) is 10.9. The lowest BCUT2D eigenvalue weighted by atomic mass is 10.0. The fourth-order valence-corrected chi connectivity index (χ4v) is 4.06. The van der Waals surface area contributed by atoms with Crippen LogP contribution in [0.4, 0.5) is 5.69 Å². The first-order chi connectivity index (χ1) is 16.0. The van der Waals surface area contributed by atoms with Crippen LogP contribution in [0.2, 0.25) is 0 Å². The van der Waals surface area contributed by atoms with Crippen LogP contribution in [0.1, 0.15) is 41.5 Å². The zero-order chi connectivity index (χ0) is 22.9. The second-order valence-corrected chi connectivity index (χ2v) is 8.26. The standard InChI is InChI=1S/C24H25N7O2/c1-16(2)23-22-18(27-24(33)20-13-25-21-8-3-4-9-30(20)21)6-5-7-19(22)31(28-23)15-17-12-26-29(14-17)10-11-32/h3-9,12-14,16,32H,10-11,15H2,1-2H3,(H,27,33). The highest BCUT2D eigenvalue weighted by Crippen LogP contribution is 2.32. The average Bonchev–Trinajstić information content (AvgIpc) is 3.52. The molecule has 0 unspecified atom stereocenters. The van der Waals surface area contributed by atoms with Gasteiger partial charge in [0, 0.05) is 23.3 Å². The molecule has 4 aromatic heterocycles. The van der Waals surface area contributed by atoms with Gasteiger partial charge in [-0.2, -0.15) is 10.2 Å². The molecular weight excluding hydrogens is 418 g/mol. The second-order valence-electron chi connectivity index (χ2n) is 8.26. The first-order valence-electron chi connectivity index (χ1n) is 10.9. The van der Waals surface area contributed by atoms with Gasteiger partial charge in [-0.3, -0.25) is 18.6 Å². The highest BCUT2D eigenvalue weighted by Gasteiger charge is 2.20. The van der Waals surface area contributed by atoms with Crippen molar-refractivity contribution in [3.05, 3.63) is 78.1 Å². The number of benzene rings is 1. The summed E-state index contributed by atoms with van der Waals surface area (Å²) in [5.41, 5.74) is 4.75. The lowest BCUT2D eigenvalue weighted by molar-refractivity contribution is 0.102. The van der Waals surface area contributed by atoms with E-state index in [1.807, 2.05) is 53.5 Å². The minimum absolute atomic E-state index is 0.0405. The lowest BCUT2D eigenvalue weighted by Crippen LogP contribution is -2.14. The van der Waals surface area contributed by atoms with E-state index in [1.54, 1.807) is 21.5 Å². The molecule has 168 valence electrons. The topological polar surface area (TPSA) is 102 Å². The van der Waals surface area contributed by atoms with E-state index in [0.29, 0.717) is 24.5 Å². The SMILES string of the molecule is CC(C)c1nn(Cc2cnn(CCO)c2)c2cccc(NC(=O)c3cnc4ccccn34)c12. The molecule has 1 aromatic carbocycles. The van der Waals surface area contributed by atoms with Crippen molar-refractivity contribution in [1.29, 1.82) is 0 Å². The summed E-state index contributed by atoms with van der Waals surface area (Å²) >= 11 is 0. The zero-order valence-electron chi connectivity index (χ0n) is 18.5. The summed E-state index contributed by atoms with van der Waals surface area (Å²) in [5.74, 6) is -0.0614. The molecule has 0 saturated heterocycles. The molecule has 2 N–H and O–H groups in total. The Labute approximate surface area is 190 Å². The van der Waals surface area contributed by atoms with Crippen LogP contribution < -0.4 is 5.32 Å². The Morgan fingerprint density at radius 3 is 2.85 bits per heavy atom. The van der Waals surface area contributed by atoms with Crippen molar-refractivity contribution in [2.45, 2.75) is 32.9 Å². The van der Waals surface area contributed by atoms with Crippen molar-refractivity contribution in [2.75, 3.05) is 11.9 Å². The zero-order valence-corrected chi connectivity index (χ0v) is 18.5. The number of fused-ring (bicyclic) bond motifs is 2.